The van der Waals surface area contributed by atoms with Gasteiger partial charge in [0.2, 0.25) is 0 Å². The summed E-state index contributed by atoms with van der Waals surface area (Å²) in [4.78, 5) is 4.37. The second-order valence-electron chi connectivity index (χ2n) is 5.26. The third kappa shape index (κ3) is 2.81. The van der Waals surface area contributed by atoms with E-state index in [1.165, 1.54) is 5.56 Å². The van der Waals surface area contributed by atoms with E-state index in [1.807, 2.05) is 48.7 Å². The second-order valence-corrected chi connectivity index (χ2v) is 5.26. The van der Waals surface area contributed by atoms with Gasteiger partial charge in [0, 0.05) is 18.0 Å². The van der Waals surface area contributed by atoms with Crippen molar-refractivity contribution in [2.45, 2.75) is 25.9 Å². The lowest BCUT2D eigenvalue weighted by molar-refractivity contribution is 0.178. The lowest BCUT2D eigenvalue weighted by atomic mass is 9.94. The molecule has 0 amide bonds. The van der Waals surface area contributed by atoms with Crippen LogP contribution >= 0.6 is 0 Å². The minimum absolute atomic E-state index is 0.480. The Labute approximate surface area is 125 Å². The van der Waals surface area contributed by atoms with Gasteiger partial charge >= 0.3 is 0 Å². The average molecular weight is 277 g/mol. The highest BCUT2D eigenvalue weighted by Gasteiger charge is 2.13. The van der Waals surface area contributed by atoms with Crippen molar-refractivity contribution in [3.8, 4) is 0 Å². The first-order valence-electron chi connectivity index (χ1n) is 7.38. The predicted molar refractivity (Wildman–Crippen MR) is 86.2 cm³/mol. The highest BCUT2D eigenvalue weighted by Crippen LogP contribution is 2.25. The smallest absolute Gasteiger partial charge is 0.0833 e. The van der Waals surface area contributed by atoms with Crippen LogP contribution in [0.3, 0.4) is 0 Å². The first-order chi connectivity index (χ1) is 10.3. The summed E-state index contributed by atoms with van der Waals surface area (Å²) in [7, 11) is 0. The lowest BCUT2D eigenvalue weighted by Crippen LogP contribution is -2.05. The van der Waals surface area contributed by atoms with Gasteiger partial charge in [-0.15, -0.1) is 0 Å². The molecule has 106 valence electrons. The summed E-state index contributed by atoms with van der Waals surface area (Å²) >= 11 is 0. The van der Waals surface area contributed by atoms with Crippen LogP contribution in [-0.4, -0.2) is 10.1 Å². The minimum atomic E-state index is -0.480. The predicted octanol–water partition coefficient (Wildman–Crippen LogP) is 4.07. The Morgan fingerprint density at radius 1 is 0.952 bits per heavy atom. The van der Waals surface area contributed by atoms with E-state index in [-0.39, 0.29) is 0 Å². The van der Waals surface area contributed by atoms with Gasteiger partial charge in [0.15, 0.2) is 0 Å². The van der Waals surface area contributed by atoms with Gasteiger partial charge < -0.3 is 5.11 Å². The summed E-state index contributed by atoms with van der Waals surface area (Å²) < 4.78 is 0. The van der Waals surface area contributed by atoms with Crippen molar-refractivity contribution >= 4 is 10.9 Å². The van der Waals surface area contributed by atoms with Crippen LogP contribution < -0.4 is 0 Å². The Morgan fingerprint density at radius 2 is 1.71 bits per heavy atom. The molecule has 3 rings (SSSR count). The van der Waals surface area contributed by atoms with Crippen molar-refractivity contribution in [2.75, 3.05) is 0 Å². The zero-order chi connectivity index (χ0) is 14.7. The van der Waals surface area contributed by atoms with E-state index in [0.717, 1.165) is 28.5 Å². The van der Waals surface area contributed by atoms with Gasteiger partial charge in [-0.25, -0.2) is 0 Å². The van der Waals surface area contributed by atoms with Gasteiger partial charge in [-0.3, -0.25) is 4.98 Å². The maximum absolute atomic E-state index is 10.6. The largest absolute Gasteiger partial charge is 0.388 e. The number of hydrogen-bond donors (Lipinski definition) is 1. The Balaban J connectivity index is 1.95. The molecule has 1 atom stereocenters. The van der Waals surface area contributed by atoms with Crippen LogP contribution in [-0.2, 0) is 12.8 Å². The Kier molecular flexibility index (Phi) is 3.98. The van der Waals surface area contributed by atoms with E-state index in [2.05, 4.69) is 24.0 Å². The standard InChI is InChI=1S/C19H19NO/c1-2-14-7-3-4-9-17(14)19(21)13-15-11-12-20-18-10-6-5-8-16(15)18/h3-12,19,21H,2,13H2,1H3. The molecule has 0 aliphatic rings. The topological polar surface area (TPSA) is 33.1 Å². The van der Waals surface area contributed by atoms with Gasteiger partial charge in [0.1, 0.15) is 0 Å². The number of nitrogens with zero attached hydrogens (tertiary/aromatic N) is 1. The summed E-state index contributed by atoms with van der Waals surface area (Å²) in [5.74, 6) is 0. The summed E-state index contributed by atoms with van der Waals surface area (Å²) in [6, 6.07) is 18.2. The first-order valence-corrected chi connectivity index (χ1v) is 7.38. The molecule has 0 bridgehead atoms. The van der Waals surface area contributed by atoms with Crippen LogP contribution in [0.2, 0.25) is 0 Å². The van der Waals surface area contributed by atoms with Crippen LogP contribution in [0.1, 0.15) is 29.7 Å². The SMILES string of the molecule is CCc1ccccc1C(O)Cc1ccnc2ccccc12. The molecular weight excluding hydrogens is 258 g/mol. The molecule has 1 N–H and O–H groups in total. The molecule has 2 aromatic carbocycles. The molecule has 2 nitrogen and oxygen atoms in total. The zero-order valence-corrected chi connectivity index (χ0v) is 12.2. The fraction of sp³-hybridized carbons (Fsp3) is 0.211. The van der Waals surface area contributed by atoms with Gasteiger partial charge in [-0.05, 0) is 35.2 Å². The first kappa shape index (κ1) is 13.8. The number of rotatable bonds is 4. The van der Waals surface area contributed by atoms with E-state index in [4.69, 9.17) is 0 Å². The van der Waals surface area contributed by atoms with Crippen molar-refractivity contribution in [3.05, 3.63) is 77.5 Å². The molecule has 21 heavy (non-hydrogen) atoms. The summed E-state index contributed by atoms with van der Waals surface area (Å²) in [5.41, 5.74) is 4.36. The van der Waals surface area contributed by atoms with E-state index in [1.54, 1.807) is 0 Å². The second kappa shape index (κ2) is 6.06. The molecule has 3 aromatic rings. The van der Waals surface area contributed by atoms with E-state index < -0.39 is 6.10 Å². The Hall–Kier alpha value is -2.19. The van der Waals surface area contributed by atoms with Crippen LogP contribution in [0.25, 0.3) is 10.9 Å². The molecular formula is C19H19NO. The van der Waals surface area contributed by atoms with Gasteiger partial charge in [0.25, 0.3) is 0 Å². The quantitative estimate of drug-likeness (QED) is 0.779. The van der Waals surface area contributed by atoms with Crippen molar-refractivity contribution in [2.24, 2.45) is 0 Å². The molecule has 1 aromatic heterocycles. The summed E-state index contributed by atoms with van der Waals surface area (Å²) in [6.45, 7) is 2.12. The molecule has 0 saturated carbocycles. The molecule has 0 fully saturated rings. The van der Waals surface area contributed by atoms with E-state index in [0.29, 0.717) is 6.42 Å². The van der Waals surface area contributed by atoms with Crippen molar-refractivity contribution < 1.29 is 5.11 Å². The number of benzene rings is 2. The Bertz CT molecular complexity index is 746. The number of para-hydroxylation sites is 1. The van der Waals surface area contributed by atoms with Gasteiger partial charge in [0.05, 0.1) is 11.6 Å². The highest BCUT2D eigenvalue weighted by atomic mass is 16.3. The molecule has 0 aliphatic heterocycles. The van der Waals surface area contributed by atoms with Crippen LogP contribution in [0.15, 0.2) is 60.8 Å². The number of fused-ring (bicyclic) bond motifs is 1. The zero-order valence-electron chi connectivity index (χ0n) is 12.2. The van der Waals surface area contributed by atoms with Gasteiger partial charge in [-0.2, -0.15) is 0 Å². The number of aromatic nitrogens is 1. The molecule has 0 saturated heterocycles. The van der Waals surface area contributed by atoms with E-state index in [9.17, 15) is 5.11 Å². The number of aryl methyl sites for hydroxylation is 1. The normalized spacial score (nSPS) is 12.5. The van der Waals surface area contributed by atoms with Crippen molar-refractivity contribution in [3.63, 3.8) is 0 Å². The fourth-order valence-corrected chi connectivity index (χ4v) is 2.83. The lowest BCUT2D eigenvalue weighted by Gasteiger charge is -2.16. The third-order valence-corrected chi connectivity index (χ3v) is 3.95. The van der Waals surface area contributed by atoms with E-state index >= 15 is 0 Å². The maximum Gasteiger partial charge on any atom is 0.0833 e. The molecule has 1 heterocycles. The summed E-state index contributed by atoms with van der Waals surface area (Å²) in [5, 5.41) is 11.7. The number of pyridine rings is 1. The van der Waals surface area contributed by atoms with Crippen molar-refractivity contribution in [1.82, 2.24) is 4.98 Å². The monoisotopic (exact) mass is 277 g/mol. The number of hydrogen-bond acceptors (Lipinski definition) is 2. The molecule has 0 aliphatic carbocycles. The van der Waals surface area contributed by atoms with Crippen molar-refractivity contribution in [1.29, 1.82) is 0 Å². The maximum atomic E-state index is 10.6. The fourth-order valence-electron chi connectivity index (χ4n) is 2.83. The summed E-state index contributed by atoms with van der Waals surface area (Å²) in [6.07, 6.45) is 2.88. The highest BCUT2D eigenvalue weighted by molar-refractivity contribution is 5.81. The molecule has 0 spiro atoms. The molecule has 1 unspecified atom stereocenters. The third-order valence-electron chi connectivity index (χ3n) is 3.95. The number of aliphatic hydroxyl groups excluding tert-OH is 1. The molecule has 2 heteroatoms. The molecule has 0 radical (unpaired) electrons. The van der Waals surface area contributed by atoms with Crippen LogP contribution in [0, 0.1) is 0 Å². The minimum Gasteiger partial charge on any atom is -0.388 e. The average Bonchev–Trinajstić information content (AvgIpc) is 2.55. The van der Waals surface area contributed by atoms with Gasteiger partial charge in [-0.1, -0.05) is 49.4 Å². The number of aliphatic hydroxyl groups is 1. The van der Waals surface area contributed by atoms with Crippen LogP contribution in [0.5, 0.6) is 0 Å². The van der Waals surface area contributed by atoms with Crippen LogP contribution in [0.4, 0.5) is 0 Å². The Morgan fingerprint density at radius 3 is 2.57 bits per heavy atom.